The van der Waals surface area contributed by atoms with Crippen LogP contribution in [-0.4, -0.2) is 55.2 Å². The van der Waals surface area contributed by atoms with E-state index in [1.807, 2.05) is 18.2 Å². The van der Waals surface area contributed by atoms with Crippen LogP contribution in [0, 0.1) is 5.92 Å². The first kappa shape index (κ1) is 27.7. The van der Waals surface area contributed by atoms with Crippen LogP contribution in [0.2, 0.25) is 0 Å². The maximum atomic E-state index is 14.2. The number of piperidine rings is 1. The number of fused-ring (bicyclic) bond motifs is 1. The molecule has 9 nitrogen and oxygen atoms in total. The van der Waals surface area contributed by atoms with E-state index < -0.39 is 49.0 Å². The molecule has 214 valence electrons. The maximum Gasteiger partial charge on any atom is 0.408 e. The molecule has 1 aliphatic carbocycles. The number of likely N-dealkylation sites (tertiary alicyclic amines) is 1. The van der Waals surface area contributed by atoms with Crippen LogP contribution in [0.15, 0.2) is 48.8 Å². The number of hydrogen-bond acceptors (Lipinski definition) is 5. The summed E-state index contributed by atoms with van der Waals surface area (Å²) in [7, 11) is 0. The van der Waals surface area contributed by atoms with Crippen LogP contribution >= 0.6 is 0 Å². The van der Waals surface area contributed by atoms with E-state index >= 15 is 0 Å². The Bertz CT molecular complexity index is 1360. The van der Waals surface area contributed by atoms with Gasteiger partial charge in [-0.1, -0.05) is 30.3 Å². The number of nitrogens with one attached hydrogen (secondary N) is 1. The highest BCUT2D eigenvalue weighted by Gasteiger charge is 2.43. The number of rotatable bonds is 6. The third-order valence-electron chi connectivity index (χ3n) is 7.61. The summed E-state index contributed by atoms with van der Waals surface area (Å²) >= 11 is 0. The first-order valence-electron chi connectivity index (χ1n) is 13.1. The third kappa shape index (κ3) is 6.28. The number of aromatic nitrogens is 3. The lowest BCUT2D eigenvalue weighted by molar-refractivity contribution is -0.0723. The summed E-state index contributed by atoms with van der Waals surface area (Å²) in [5.41, 5.74) is 1.63. The summed E-state index contributed by atoms with van der Waals surface area (Å²) < 4.78 is 62.9. The molecule has 0 unspecified atom stereocenters. The second kappa shape index (κ2) is 10.9. The minimum Gasteiger partial charge on any atom is -0.465 e. The molecule has 2 atom stereocenters. The topological polar surface area (TPSA) is 109 Å². The Morgan fingerprint density at radius 1 is 1.10 bits per heavy atom. The van der Waals surface area contributed by atoms with Crippen LogP contribution in [0.1, 0.15) is 67.4 Å². The molecule has 0 spiro atoms. The van der Waals surface area contributed by atoms with Gasteiger partial charge >= 0.3 is 12.2 Å². The van der Waals surface area contributed by atoms with Gasteiger partial charge in [-0.3, -0.25) is 0 Å². The first-order valence-corrected chi connectivity index (χ1v) is 13.1. The van der Waals surface area contributed by atoms with Gasteiger partial charge in [-0.05, 0) is 36.0 Å². The molecule has 2 N–H and O–H groups in total. The SMILES string of the molecule is O=C(N[C@H](c1cn2ncc([C@@H]3CC(F)(F)CCN3C(=O)O)cc2n1)C1CCC(F)(F)CC1)OCc1ccccc1. The van der Waals surface area contributed by atoms with Crippen molar-refractivity contribution in [1.82, 2.24) is 24.8 Å². The second-order valence-corrected chi connectivity index (χ2v) is 10.4. The van der Waals surface area contributed by atoms with Crippen molar-refractivity contribution in [3.05, 3.63) is 65.6 Å². The van der Waals surface area contributed by atoms with Crippen molar-refractivity contribution in [1.29, 1.82) is 0 Å². The quantitative estimate of drug-likeness (QED) is 0.358. The number of amides is 2. The first-order chi connectivity index (χ1) is 19.0. The molecular weight excluding hydrogens is 534 g/mol. The molecule has 1 saturated carbocycles. The minimum absolute atomic E-state index is 0.0182. The Labute approximate surface area is 227 Å². The van der Waals surface area contributed by atoms with E-state index in [2.05, 4.69) is 15.4 Å². The van der Waals surface area contributed by atoms with E-state index in [4.69, 9.17) is 4.74 Å². The lowest BCUT2D eigenvalue weighted by Crippen LogP contribution is -2.44. The van der Waals surface area contributed by atoms with Crippen molar-refractivity contribution >= 4 is 17.8 Å². The predicted molar refractivity (Wildman–Crippen MR) is 134 cm³/mol. The Balaban J connectivity index is 1.40. The number of alkyl halides is 4. The molecule has 1 saturated heterocycles. The number of imidazole rings is 1. The smallest absolute Gasteiger partial charge is 0.408 e. The lowest BCUT2D eigenvalue weighted by atomic mass is 9.81. The zero-order chi connectivity index (χ0) is 28.5. The van der Waals surface area contributed by atoms with E-state index in [1.165, 1.54) is 16.8 Å². The normalized spacial score (nSPS) is 21.6. The summed E-state index contributed by atoms with van der Waals surface area (Å²) in [4.78, 5) is 30.0. The van der Waals surface area contributed by atoms with E-state index in [0.29, 0.717) is 5.69 Å². The number of nitrogens with zero attached hydrogens (tertiary/aromatic N) is 4. The number of ether oxygens (including phenoxy) is 1. The Morgan fingerprint density at radius 3 is 2.52 bits per heavy atom. The van der Waals surface area contributed by atoms with Gasteiger partial charge in [-0.15, -0.1) is 0 Å². The predicted octanol–water partition coefficient (Wildman–Crippen LogP) is 5.97. The van der Waals surface area contributed by atoms with Crippen LogP contribution in [0.25, 0.3) is 5.65 Å². The zero-order valence-electron chi connectivity index (χ0n) is 21.5. The zero-order valence-corrected chi connectivity index (χ0v) is 21.5. The lowest BCUT2D eigenvalue weighted by Gasteiger charge is -2.37. The molecule has 2 aromatic heterocycles. The highest BCUT2D eigenvalue weighted by atomic mass is 19.3. The van der Waals surface area contributed by atoms with Crippen LogP contribution in [0.3, 0.4) is 0 Å². The van der Waals surface area contributed by atoms with Gasteiger partial charge in [0.05, 0.1) is 30.2 Å². The van der Waals surface area contributed by atoms with Crippen molar-refractivity contribution in [2.75, 3.05) is 6.54 Å². The molecule has 0 bridgehead atoms. The molecule has 1 aliphatic heterocycles. The Kier molecular flexibility index (Phi) is 7.56. The molecule has 2 aliphatic rings. The molecule has 1 aromatic carbocycles. The number of alkyl carbamates (subject to hydrolysis) is 1. The van der Waals surface area contributed by atoms with Gasteiger partial charge in [0.15, 0.2) is 5.65 Å². The highest BCUT2D eigenvalue weighted by molar-refractivity contribution is 5.68. The number of benzene rings is 1. The largest absolute Gasteiger partial charge is 0.465 e. The van der Waals surface area contributed by atoms with Gasteiger partial charge in [0.1, 0.15) is 6.61 Å². The molecule has 3 heterocycles. The minimum atomic E-state index is -3.03. The molecule has 3 aromatic rings. The van der Waals surface area contributed by atoms with Crippen molar-refractivity contribution in [2.45, 2.75) is 69.1 Å². The highest BCUT2D eigenvalue weighted by Crippen LogP contribution is 2.42. The van der Waals surface area contributed by atoms with Gasteiger partial charge in [0, 0.05) is 32.2 Å². The molecule has 0 radical (unpaired) electrons. The molecular formula is C27H29F4N5O4. The summed E-state index contributed by atoms with van der Waals surface area (Å²) in [5, 5.41) is 16.6. The number of halogens is 4. The van der Waals surface area contributed by atoms with Gasteiger partial charge in [-0.25, -0.2) is 36.7 Å². The molecule has 2 amide bonds. The van der Waals surface area contributed by atoms with Gasteiger partial charge < -0.3 is 20.1 Å². The summed E-state index contributed by atoms with van der Waals surface area (Å²) in [5.74, 6) is -6.16. The van der Waals surface area contributed by atoms with Gasteiger partial charge in [-0.2, -0.15) is 5.10 Å². The van der Waals surface area contributed by atoms with Crippen molar-refractivity contribution < 1.29 is 37.0 Å². The maximum absolute atomic E-state index is 14.2. The molecule has 2 fully saturated rings. The van der Waals surface area contributed by atoms with Crippen LogP contribution in [0.4, 0.5) is 27.2 Å². The third-order valence-corrected chi connectivity index (χ3v) is 7.61. The van der Waals surface area contributed by atoms with Crippen molar-refractivity contribution in [3.63, 3.8) is 0 Å². The van der Waals surface area contributed by atoms with Crippen molar-refractivity contribution in [2.24, 2.45) is 5.92 Å². The van der Waals surface area contributed by atoms with Crippen molar-refractivity contribution in [3.8, 4) is 0 Å². The van der Waals surface area contributed by atoms with Crippen LogP contribution < -0.4 is 5.32 Å². The van der Waals surface area contributed by atoms with E-state index in [1.54, 1.807) is 18.3 Å². The molecule has 13 heteroatoms. The fourth-order valence-electron chi connectivity index (χ4n) is 5.42. The number of hydrogen-bond donors (Lipinski definition) is 2. The second-order valence-electron chi connectivity index (χ2n) is 10.4. The van der Waals surface area contributed by atoms with Crippen LogP contribution in [0.5, 0.6) is 0 Å². The molecule has 5 rings (SSSR count). The van der Waals surface area contributed by atoms with E-state index in [9.17, 15) is 32.3 Å². The molecule has 40 heavy (non-hydrogen) atoms. The fraction of sp³-hybridized carbons (Fsp3) is 0.481. The summed E-state index contributed by atoms with van der Waals surface area (Å²) in [6, 6.07) is 8.66. The average Bonchev–Trinajstić information content (AvgIpc) is 3.34. The number of carboxylic acid groups (broad SMARTS) is 1. The summed E-state index contributed by atoms with van der Waals surface area (Å²) in [6.45, 7) is -0.300. The number of carbonyl (C=O) groups excluding carboxylic acids is 1. The average molecular weight is 564 g/mol. The summed E-state index contributed by atoms with van der Waals surface area (Å²) in [6.07, 6.45) is -0.795. The standard InChI is InChI=1S/C27H29F4N5O4/c28-26(29)8-6-18(7-9-26)23(34-24(37)40-16-17-4-2-1-3-5-17)20-15-36-22(33-20)12-19(14-32-36)21-13-27(30,31)10-11-35(21)25(38)39/h1-5,12,14-15,18,21,23H,6-11,13,16H2,(H,34,37)(H,38,39)/t21-,23-/m0/s1. The fourth-order valence-corrected chi connectivity index (χ4v) is 5.42. The van der Waals surface area contributed by atoms with E-state index in [-0.39, 0.29) is 56.0 Å². The Hall–Kier alpha value is -3.90. The van der Waals surface area contributed by atoms with Gasteiger partial charge in [0.25, 0.3) is 5.92 Å². The monoisotopic (exact) mass is 563 g/mol. The Morgan fingerprint density at radius 2 is 1.82 bits per heavy atom. The van der Waals surface area contributed by atoms with E-state index in [0.717, 1.165) is 10.5 Å². The number of carbonyl (C=O) groups is 2. The van der Waals surface area contributed by atoms with Crippen LogP contribution in [-0.2, 0) is 11.3 Å². The van der Waals surface area contributed by atoms with Gasteiger partial charge in [0.2, 0.25) is 5.92 Å².